The van der Waals surface area contributed by atoms with Gasteiger partial charge in [-0.05, 0) is 55.2 Å². The Morgan fingerprint density at radius 1 is 1.09 bits per heavy atom. The molecule has 0 aromatic heterocycles. The standard InChI is InChI=1S/C23H29F3N4O.HI/c1-2-27-23(28-14-22(31)17-4-6-18(24)7-5-17)29-19-9-11-30(12-10-19)15-16-3-8-20(25)21(26)13-16;/h3-8,13,19,22,31H,2,9-12,14-15H2,1H3,(H2,27,28,29);1H. The van der Waals surface area contributed by atoms with Crippen molar-refractivity contribution in [1.29, 1.82) is 0 Å². The first-order valence-electron chi connectivity index (χ1n) is 10.6. The first kappa shape index (κ1) is 26.4. The van der Waals surface area contributed by atoms with Gasteiger partial charge in [0, 0.05) is 32.2 Å². The molecule has 5 nitrogen and oxygen atoms in total. The summed E-state index contributed by atoms with van der Waals surface area (Å²) in [5.74, 6) is -1.36. The minimum Gasteiger partial charge on any atom is -0.386 e. The Bertz CT molecular complexity index is 874. The minimum atomic E-state index is -0.827. The summed E-state index contributed by atoms with van der Waals surface area (Å²) in [4.78, 5) is 6.69. The van der Waals surface area contributed by atoms with Crippen LogP contribution in [0.3, 0.4) is 0 Å². The number of aliphatic hydroxyl groups is 1. The third-order valence-corrected chi connectivity index (χ3v) is 5.34. The lowest BCUT2D eigenvalue weighted by atomic mass is 10.0. The quantitative estimate of drug-likeness (QED) is 0.272. The molecular formula is C23H30F3IN4O. The van der Waals surface area contributed by atoms with E-state index in [1.54, 1.807) is 18.2 Å². The van der Waals surface area contributed by atoms with Crippen molar-refractivity contribution in [2.45, 2.75) is 38.5 Å². The number of guanidine groups is 1. The van der Waals surface area contributed by atoms with Gasteiger partial charge in [-0.1, -0.05) is 18.2 Å². The van der Waals surface area contributed by atoms with Crippen LogP contribution in [-0.2, 0) is 6.54 Å². The molecule has 1 heterocycles. The normalized spacial score (nSPS) is 16.3. The molecule has 0 spiro atoms. The Balaban J connectivity index is 0.00000363. The van der Waals surface area contributed by atoms with Crippen molar-refractivity contribution in [3.63, 3.8) is 0 Å². The summed E-state index contributed by atoms with van der Waals surface area (Å²) in [5.41, 5.74) is 1.38. The number of hydrogen-bond acceptors (Lipinski definition) is 3. The Labute approximate surface area is 204 Å². The molecule has 2 aromatic carbocycles. The number of nitrogens with one attached hydrogen (secondary N) is 2. The van der Waals surface area contributed by atoms with Crippen LogP contribution in [-0.4, -0.2) is 48.2 Å². The molecule has 1 saturated heterocycles. The van der Waals surface area contributed by atoms with Gasteiger partial charge in [0.05, 0.1) is 12.6 Å². The lowest BCUT2D eigenvalue weighted by molar-refractivity contribution is 0.186. The van der Waals surface area contributed by atoms with Gasteiger partial charge in [0.25, 0.3) is 0 Å². The topological polar surface area (TPSA) is 59.9 Å². The maximum absolute atomic E-state index is 13.4. The van der Waals surface area contributed by atoms with Crippen molar-refractivity contribution in [1.82, 2.24) is 15.5 Å². The molecule has 9 heteroatoms. The van der Waals surface area contributed by atoms with Gasteiger partial charge < -0.3 is 15.7 Å². The van der Waals surface area contributed by atoms with Crippen LogP contribution >= 0.6 is 24.0 Å². The largest absolute Gasteiger partial charge is 0.386 e. The molecular weight excluding hydrogens is 532 g/mol. The van der Waals surface area contributed by atoms with Gasteiger partial charge in [-0.3, -0.25) is 9.89 Å². The smallest absolute Gasteiger partial charge is 0.191 e. The fourth-order valence-electron chi connectivity index (χ4n) is 3.61. The van der Waals surface area contributed by atoms with Crippen LogP contribution in [0, 0.1) is 17.5 Å². The molecule has 1 aliphatic rings. The zero-order valence-corrected chi connectivity index (χ0v) is 20.4. The Hall–Kier alpha value is -1.85. The summed E-state index contributed by atoms with van der Waals surface area (Å²) < 4.78 is 39.5. The van der Waals surface area contributed by atoms with Crippen LogP contribution in [0.1, 0.15) is 37.0 Å². The van der Waals surface area contributed by atoms with E-state index in [1.807, 2.05) is 6.92 Å². The second-order valence-electron chi connectivity index (χ2n) is 7.73. The van der Waals surface area contributed by atoms with E-state index in [9.17, 15) is 18.3 Å². The minimum absolute atomic E-state index is 0. The molecule has 32 heavy (non-hydrogen) atoms. The van der Waals surface area contributed by atoms with Crippen molar-refractivity contribution in [2.75, 3.05) is 26.2 Å². The highest BCUT2D eigenvalue weighted by molar-refractivity contribution is 14.0. The Morgan fingerprint density at radius 2 is 1.78 bits per heavy atom. The van der Waals surface area contributed by atoms with E-state index >= 15 is 0 Å². The average Bonchev–Trinajstić information content (AvgIpc) is 2.76. The van der Waals surface area contributed by atoms with Crippen LogP contribution in [0.5, 0.6) is 0 Å². The van der Waals surface area contributed by atoms with E-state index < -0.39 is 17.7 Å². The average molecular weight is 562 g/mol. The molecule has 0 bridgehead atoms. The number of halogens is 4. The second kappa shape index (κ2) is 13.0. The molecule has 3 rings (SSSR count). The van der Waals surface area contributed by atoms with Crippen molar-refractivity contribution in [2.24, 2.45) is 4.99 Å². The van der Waals surface area contributed by atoms with Gasteiger partial charge >= 0.3 is 0 Å². The summed E-state index contributed by atoms with van der Waals surface area (Å²) in [6.07, 6.45) is 0.956. The molecule has 1 unspecified atom stereocenters. The molecule has 1 atom stereocenters. The first-order valence-corrected chi connectivity index (χ1v) is 10.6. The van der Waals surface area contributed by atoms with Gasteiger partial charge in [-0.25, -0.2) is 13.2 Å². The third-order valence-electron chi connectivity index (χ3n) is 5.34. The number of aliphatic hydroxyl groups excluding tert-OH is 1. The molecule has 176 valence electrons. The predicted molar refractivity (Wildman–Crippen MR) is 131 cm³/mol. The number of piperidine rings is 1. The second-order valence-corrected chi connectivity index (χ2v) is 7.73. The molecule has 0 radical (unpaired) electrons. The number of rotatable bonds is 7. The van der Waals surface area contributed by atoms with Gasteiger partial charge in [0.15, 0.2) is 17.6 Å². The zero-order chi connectivity index (χ0) is 22.2. The van der Waals surface area contributed by atoms with Crippen molar-refractivity contribution in [3.8, 4) is 0 Å². The first-order chi connectivity index (χ1) is 14.9. The summed E-state index contributed by atoms with van der Waals surface area (Å²) in [7, 11) is 0. The highest BCUT2D eigenvalue weighted by Gasteiger charge is 2.20. The van der Waals surface area contributed by atoms with Crippen LogP contribution < -0.4 is 10.6 Å². The van der Waals surface area contributed by atoms with Crippen molar-refractivity contribution in [3.05, 3.63) is 71.0 Å². The van der Waals surface area contributed by atoms with Crippen LogP contribution in [0.4, 0.5) is 13.2 Å². The fraction of sp³-hybridized carbons (Fsp3) is 0.435. The monoisotopic (exact) mass is 562 g/mol. The molecule has 3 N–H and O–H groups in total. The van der Waals surface area contributed by atoms with Crippen molar-refractivity contribution >= 4 is 29.9 Å². The van der Waals surface area contributed by atoms with Crippen molar-refractivity contribution < 1.29 is 18.3 Å². The summed E-state index contributed by atoms with van der Waals surface area (Å²) in [6.45, 7) is 5.06. The van der Waals surface area contributed by atoms with Gasteiger partial charge in [0.2, 0.25) is 0 Å². The fourth-order valence-corrected chi connectivity index (χ4v) is 3.61. The number of benzene rings is 2. The SMILES string of the molecule is CCNC(=NCC(O)c1ccc(F)cc1)NC1CCN(Cc2ccc(F)c(F)c2)CC1.I. The van der Waals surface area contributed by atoms with Crippen LogP contribution in [0.25, 0.3) is 0 Å². The maximum atomic E-state index is 13.4. The Kier molecular flexibility index (Phi) is 10.7. The van der Waals surface area contributed by atoms with E-state index in [-0.39, 0.29) is 42.4 Å². The van der Waals surface area contributed by atoms with E-state index in [0.29, 0.717) is 24.6 Å². The van der Waals surface area contributed by atoms with Gasteiger partial charge in [-0.15, -0.1) is 24.0 Å². The number of aliphatic imine (C=N–C) groups is 1. The van der Waals surface area contributed by atoms with E-state index in [4.69, 9.17) is 0 Å². The lowest BCUT2D eigenvalue weighted by Crippen LogP contribution is -2.48. The molecule has 2 aromatic rings. The number of hydrogen-bond donors (Lipinski definition) is 3. The number of nitrogens with zero attached hydrogens (tertiary/aromatic N) is 2. The lowest BCUT2D eigenvalue weighted by Gasteiger charge is -2.33. The summed E-state index contributed by atoms with van der Waals surface area (Å²) in [6, 6.07) is 10.0. The van der Waals surface area contributed by atoms with Gasteiger partial charge in [-0.2, -0.15) is 0 Å². The zero-order valence-electron chi connectivity index (χ0n) is 18.0. The highest BCUT2D eigenvalue weighted by Crippen LogP contribution is 2.17. The third kappa shape index (κ3) is 7.93. The van der Waals surface area contributed by atoms with Crippen LogP contribution in [0.15, 0.2) is 47.5 Å². The summed E-state index contributed by atoms with van der Waals surface area (Å²) >= 11 is 0. The van der Waals surface area contributed by atoms with Gasteiger partial charge in [0.1, 0.15) is 5.82 Å². The van der Waals surface area contributed by atoms with E-state index in [2.05, 4.69) is 20.5 Å². The Morgan fingerprint density at radius 3 is 2.41 bits per heavy atom. The molecule has 1 fully saturated rings. The molecule has 0 saturated carbocycles. The highest BCUT2D eigenvalue weighted by atomic mass is 127. The predicted octanol–water partition coefficient (Wildman–Crippen LogP) is 3.98. The van der Waals surface area contributed by atoms with E-state index in [0.717, 1.165) is 31.5 Å². The van der Waals surface area contributed by atoms with E-state index in [1.165, 1.54) is 24.3 Å². The number of likely N-dealkylation sites (tertiary alicyclic amines) is 1. The van der Waals surface area contributed by atoms with Crippen LogP contribution in [0.2, 0.25) is 0 Å². The molecule has 0 aliphatic carbocycles. The molecule has 0 amide bonds. The maximum Gasteiger partial charge on any atom is 0.191 e. The summed E-state index contributed by atoms with van der Waals surface area (Å²) in [5, 5.41) is 16.9. The molecule has 1 aliphatic heterocycles.